The van der Waals surface area contributed by atoms with Gasteiger partial charge >= 0.3 is 12.1 Å². The van der Waals surface area contributed by atoms with Gasteiger partial charge in [-0.1, -0.05) is 11.2 Å². The first kappa shape index (κ1) is 29.6. The van der Waals surface area contributed by atoms with Crippen LogP contribution < -0.4 is 15.8 Å². The van der Waals surface area contributed by atoms with Crippen LogP contribution in [0.2, 0.25) is 0 Å². The van der Waals surface area contributed by atoms with Gasteiger partial charge in [0.05, 0.1) is 6.61 Å². The Bertz CT molecular complexity index is 1420. The number of carbonyl (C=O) groups excluding carboxylic acids is 4. The lowest BCUT2D eigenvalue weighted by atomic mass is 10.0. The molecule has 3 atom stereocenters. The Balaban J connectivity index is 1.53. The van der Waals surface area contributed by atoms with Gasteiger partial charge in [-0.05, 0) is 19.1 Å². The summed E-state index contributed by atoms with van der Waals surface area (Å²) >= 11 is 2.25. The van der Waals surface area contributed by atoms with E-state index < -0.39 is 53.2 Å². The van der Waals surface area contributed by atoms with E-state index in [2.05, 4.69) is 20.2 Å². The molecule has 2 aliphatic rings. The van der Waals surface area contributed by atoms with E-state index in [0.717, 1.165) is 22.3 Å². The Morgan fingerprint density at radius 1 is 1.34 bits per heavy atom. The number of thioether (sulfide) groups is 1. The molecule has 0 radical (unpaired) electrons. The molecule has 3 heterocycles. The zero-order chi connectivity index (χ0) is 29.7. The van der Waals surface area contributed by atoms with Crippen LogP contribution >= 0.6 is 23.1 Å². The summed E-state index contributed by atoms with van der Waals surface area (Å²) in [7, 11) is 0. The quantitative estimate of drug-likeness (QED) is 0.0886. The van der Waals surface area contributed by atoms with Crippen LogP contribution in [0.1, 0.15) is 19.5 Å². The van der Waals surface area contributed by atoms with Crippen LogP contribution in [0.25, 0.3) is 0 Å². The van der Waals surface area contributed by atoms with Gasteiger partial charge in [-0.25, -0.2) is 19.0 Å². The van der Waals surface area contributed by atoms with Gasteiger partial charge in [0.1, 0.15) is 41.0 Å². The summed E-state index contributed by atoms with van der Waals surface area (Å²) in [5.41, 5.74) is 5.31. The number of β-lactam (4-membered cyclic amide) rings is 1. The lowest BCUT2D eigenvalue weighted by Gasteiger charge is -2.49. The van der Waals surface area contributed by atoms with Crippen molar-refractivity contribution >= 4 is 57.9 Å². The normalized spacial score (nSPS) is 19.0. The number of nitrogens with zero attached hydrogens (tertiary/aromatic N) is 3. The molecule has 41 heavy (non-hydrogen) atoms. The summed E-state index contributed by atoms with van der Waals surface area (Å²) in [4.78, 5) is 55.9. The maximum Gasteiger partial charge on any atom is 0.511 e. The maximum atomic E-state index is 13.6. The third-order valence-electron chi connectivity index (χ3n) is 5.61. The number of anilines is 1. The lowest BCUT2D eigenvalue weighted by molar-refractivity contribution is -0.169. The second kappa shape index (κ2) is 12.9. The van der Waals surface area contributed by atoms with Gasteiger partial charge in [-0.15, -0.1) is 23.1 Å². The molecule has 4 N–H and O–H groups in total. The summed E-state index contributed by atoms with van der Waals surface area (Å²) in [5, 5.41) is 15.6. The number of amides is 2. The molecule has 2 unspecified atom stereocenters. The molecule has 0 spiro atoms. The molecule has 2 aliphatic heterocycles. The van der Waals surface area contributed by atoms with Crippen molar-refractivity contribution in [2.24, 2.45) is 5.16 Å². The number of oxime groups is 1. The standard InChI is InChI=1S/C24H24FN5O9S2/c1-3-36-24(34)39-11(2)38-22(33)18-12(8-37-14-6-4-5-13(25)7-14)9-40-21-17(20(32)30(18)21)28-19(31)16(29-35)15-10-41-23(26)27-15/h4-7,10-11,17,21,35H,3,8-9H2,1-2H3,(H2,26,27)(H,28,31)/b29-16-/t11?,17?,21-/m1/s1. The minimum Gasteiger partial charge on any atom is -0.489 e. The number of nitrogens with two attached hydrogens (primary N) is 1. The molecule has 218 valence electrons. The van der Waals surface area contributed by atoms with Gasteiger partial charge in [-0.2, -0.15) is 0 Å². The second-order valence-corrected chi connectivity index (χ2v) is 10.3. The number of nitrogens with one attached hydrogen (secondary N) is 1. The van der Waals surface area contributed by atoms with E-state index in [0.29, 0.717) is 5.57 Å². The highest BCUT2D eigenvalue weighted by atomic mass is 32.2. The van der Waals surface area contributed by atoms with Gasteiger partial charge in [-0.3, -0.25) is 14.5 Å². The number of benzene rings is 1. The second-order valence-electron chi connectivity index (χ2n) is 8.35. The molecule has 0 aliphatic carbocycles. The molecule has 1 aromatic heterocycles. The molecule has 2 aromatic rings. The van der Waals surface area contributed by atoms with Crippen LogP contribution in [0, 0.1) is 5.82 Å². The molecule has 0 saturated carbocycles. The molecule has 1 aromatic carbocycles. The molecule has 2 amide bonds. The number of rotatable bonds is 10. The fourth-order valence-corrected chi connectivity index (χ4v) is 5.72. The van der Waals surface area contributed by atoms with Crippen LogP contribution in [0.4, 0.5) is 14.3 Å². The zero-order valence-corrected chi connectivity index (χ0v) is 23.2. The molecule has 14 nitrogen and oxygen atoms in total. The highest BCUT2D eigenvalue weighted by Gasteiger charge is 2.55. The number of carbonyl (C=O) groups is 4. The highest BCUT2D eigenvalue weighted by molar-refractivity contribution is 8.00. The van der Waals surface area contributed by atoms with Crippen LogP contribution in [0.5, 0.6) is 5.75 Å². The number of nitrogen functional groups attached to an aromatic ring is 1. The fourth-order valence-electron chi connectivity index (χ4n) is 3.85. The number of hydrogen-bond acceptors (Lipinski definition) is 14. The number of hydrogen-bond donors (Lipinski definition) is 3. The Kier molecular flexibility index (Phi) is 9.28. The van der Waals surface area contributed by atoms with Crippen LogP contribution in [0.3, 0.4) is 0 Å². The molecule has 1 fully saturated rings. The molecule has 0 bridgehead atoms. The minimum atomic E-state index is -1.37. The lowest BCUT2D eigenvalue weighted by Crippen LogP contribution is -2.71. The Morgan fingerprint density at radius 3 is 2.78 bits per heavy atom. The van der Waals surface area contributed by atoms with Gasteiger partial charge in [0.2, 0.25) is 6.29 Å². The third-order valence-corrected chi connectivity index (χ3v) is 7.63. The number of esters is 1. The number of fused-ring (bicyclic) bond motifs is 1. The van der Waals surface area contributed by atoms with E-state index in [1.165, 1.54) is 42.3 Å². The summed E-state index contributed by atoms with van der Waals surface area (Å²) in [5.74, 6) is -2.73. The van der Waals surface area contributed by atoms with Crippen molar-refractivity contribution in [1.82, 2.24) is 15.2 Å². The van der Waals surface area contributed by atoms with Gasteiger partial charge < -0.3 is 35.2 Å². The largest absolute Gasteiger partial charge is 0.511 e. The van der Waals surface area contributed by atoms with E-state index >= 15 is 0 Å². The van der Waals surface area contributed by atoms with Gasteiger partial charge in [0.25, 0.3) is 11.8 Å². The van der Waals surface area contributed by atoms with Crippen LogP contribution in [0.15, 0.2) is 46.1 Å². The fraction of sp³-hybridized carbons (Fsp3) is 0.333. The van der Waals surface area contributed by atoms with Crippen LogP contribution in [-0.4, -0.2) is 81.4 Å². The number of halogens is 1. The van der Waals surface area contributed by atoms with Crippen molar-refractivity contribution in [2.45, 2.75) is 31.6 Å². The third kappa shape index (κ3) is 6.68. The maximum absolute atomic E-state index is 13.6. The van der Waals surface area contributed by atoms with Gasteiger partial charge in [0.15, 0.2) is 10.8 Å². The molecule has 1 saturated heterocycles. The first-order valence-corrected chi connectivity index (χ1v) is 13.9. The van der Waals surface area contributed by atoms with Crippen molar-refractivity contribution in [1.29, 1.82) is 0 Å². The minimum absolute atomic E-state index is 0.0176. The summed E-state index contributed by atoms with van der Waals surface area (Å²) in [6, 6.07) is 4.27. The summed E-state index contributed by atoms with van der Waals surface area (Å²) < 4.78 is 34.1. The summed E-state index contributed by atoms with van der Waals surface area (Å²) in [6.45, 7) is 2.70. The van der Waals surface area contributed by atoms with Crippen molar-refractivity contribution in [2.75, 3.05) is 24.7 Å². The monoisotopic (exact) mass is 609 g/mol. The molecular weight excluding hydrogens is 585 g/mol. The predicted octanol–water partition coefficient (Wildman–Crippen LogP) is 1.84. The summed E-state index contributed by atoms with van der Waals surface area (Å²) in [6.07, 6.45) is -2.42. The highest BCUT2D eigenvalue weighted by Crippen LogP contribution is 2.41. The topological polar surface area (TPSA) is 192 Å². The molecule has 17 heteroatoms. The smallest absolute Gasteiger partial charge is 0.489 e. The predicted molar refractivity (Wildman–Crippen MR) is 142 cm³/mol. The zero-order valence-electron chi connectivity index (χ0n) is 21.6. The molecule has 4 rings (SSSR count). The van der Waals surface area contributed by atoms with E-state index in [-0.39, 0.29) is 41.2 Å². The number of aromatic nitrogens is 1. The number of thiazole rings is 1. The van der Waals surface area contributed by atoms with Crippen molar-refractivity contribution < 1.29 is 47.7 Å². The van der Waals surface area contributed by atoms with Crippen LogP contribution in [-0.2, 0) is 28.6 Å². The first-order chi connectivity index (χ1) is 19.6. The van der Waals surface area contributed by atoms with Crippen molar-refractivity contribution in [3.05, 3.63) is 52.4 Å². The SMILES string of the molecule is CCOC(=O)OC(C)OC(=O)C1=C(COc2cccc(F)c2)CS[C@@H]2C(NC(=O)/C(=N\O)c3csc(N)n3)C(=O)N12. The Hall–Kier alpha value is -4.38. The van der Waals surface area contributed by atoms with E-state index in [9.17, 15) is 28.8 Å². The number of ether oxygens (including phenoxy) is 4. The van der Waals surface area contributed by atoms with E-state index in [1.54, 1.807) is 6.92 Å². The average molecular weight is 610 g/mol. The Labute approximate surface area is 240 Å². The Morgan fingerprint density at radius 2 is 2.12 bits per heavy atom. The first-order valence-electron chi connectivity index (χ1n) is 12.0. The average Bonchev–Trinajstić information content (AvgIpc) is 3.35. The van der Waals surface area contributed by atoms with E-state index in [1.807, 2.05) is 0 Å². The van der Waals surface area contributed by atoms with Crippen molar-refractivity contribution in [3.63, 3.8) is 0 Å². The van der Waals surface area contributed by atoms with E-state index in [4.69, 9.17) is 19.9 Å². The van der Waals surface area contributed by atoms with Gasteiger partial charge in [0, 0.05) is 29.7 Å². The molecular formula is C24H24FN5O9S2. The van der Waals surface area contributed by atoms with Crippen molar-refractivity contribution in [3.8, 4) is 5.75 Å².